The molecule has 2 atom stereocenters. The topological polar surface area (TPSA) is 40.5 Å². The minimum Gasteiger partial charge on any atom is -0.392 e. The molecular formula is C9H17NO2. The summed E-state index contributed by atoms with van der Waals surface area (Å²) in [6.45, 7) is 4.33. The molecule has 1 aliphatic heterocycles. The van der Waals surface area contributed by atoms with Crippen LogP contribution in [0.25, 0.3) is 0 Å². The van der Waals surface area contributed by atoms with Crippen molar-refractivity contribution in [3.8, 4) is 0 Å². The van der Waals surface area contributed by atoms with Crippen molar-refractivity contribution in [3.05, 3.63) is 0 Å². The van der Waals surface area contributed by atoms with Crippen molar-refractivity contribution in [2.24, 2.45) is 5.92 Å². The van der Waals surface area contributed by atoms with Crippen LogP contribution in [0, 0.1) is 5.92 Å². The molecule has 0 aromatic heterocycles. The Morgan fingerprint density at radius 3 is 3.08 bits per heavy atom. The zero-order chi connectivity index (χ0) is 8.97. The van der Waals surface area contributed by atoms with Crippen LogP contribution in [0.3, 0.4) is 0 Å². The minimum absolute atomic E-state index is 0.192. The molecule has 3 heteroatoms. The van der Waals surface area contributed by atoms with Gasteiger partial charge in [0, 0.05) is 19.0 Å². The number of hydrogen-bond acceptors (Lipinski definition) is 3. The number of aliphatic hydroxyl groups is 1. The molecular weight excluding hydrogens is 154 g/mol. The van der Waals surface area contributed by atoms with Crippen LogP contribution >= 0.6 is 0 Å². The Bertz CT molecular complexity index is 147. The molecule has 1 rings (SSSR count). The summed E-state index contributed by atoms with van der Waals surface area (Å²) in [4.78, 5) is 12.7. The third-order valence-corrected chi connectivity index (χ3v) is 2.26. The zero-order valence-electron chi connectivity index (χ0n) is 7.57. The van der Waals surface area contributed by atoms with Crippen molar-refractivity contribution in [1.29, 1.82) is 0 Å². The fourth-order valence-electron chi connectivity index (χ4n) is 1.74. The summed E-state index contributed by atoms with van der Waals surface area (Å²) >= 11 is 0. The number of piperidine rings is 1. The molecule has 1 fully saturated rings. The van der Waals surface area contributed by atoms with Gasteiger partial charge in [-0.05, 0) is 26.3 Å². The third kappa shape index (κ3) is 2.91. The molecule has 0 saturated carbocycles. The lowest BCUT2D eigenvalue weighted by atomic mass is 9.99. The van der Waals surface area contributed by atoms with Gasteiger partial charge in [0.15, 0.2) is 0 Å². The van der Waals surface area contributed by atoms with Gasteiger partial charge in [0.1, 0.15) is 6.29 Å². The standard InChI is InChI=1S/C9H17NO2/c1-8(12)5-10-4-2-3-9(6-10)7-11/h7-9,12H,2-6H2,1H3. The molecule has 1 aliphatic rings. The van der Waals surface area contributed by atoms with Gasteiger partial charge in [-0.25, -0.2) is 0 Å². The van der Waals surface area contributed by atoms with Crippen LogP contribution in [0.4, 0.5) is 0 Å². The molecule has 2 unspecified atom stereocenters. The number of β-amino-alcohol motifs (C(OH)–C–C–N with tert-alkyl or cyclic N) is 1. The smallest absolute Gasteiger partial charge is 0.124 e. The molecule has 0 radical (unpaired) electrons. The normalized spacial score (nSPS) is 28.3. The highest BCUT2D eigenvalue weighted by Crippen LogP contribution is 2.14. The number of likely N-dealkylation sites (tertiary alicyclic amines) is 1. The van der Waals surface area contributed by atoms with E-state index in [2.05, 4.69) is 4.90 Å². The molecule has 0 bridgehead atoms. The number of carbonyl (C=O) groups excluding carboxylic acids is 1. The van der Waals surface area contributed by atoms with E-state index in [-0.39, 0.29) is 12.0 Å². The maximum atomic E-state index is 10.5. The van der Waals surface area contributed by atoms with Gasteiger partial charge >= 0.3 is 0 Å². The second kappa shape index (κ2) is 4.58. The highest BCUT2D eigenvalue weighted by Gasteiger charge is 2.19. The predicted molar refractivity (Wildman–Crippen MR) is 46.9 cm³/mol. The zero-order valence-corrected chi connectivity index (χ0v) is 7.57. The fourth-order valence-corrected chi connectivity index (χ4v) is 1.74. The van der Waals surface area contributed by atoms with E-state index >= 15 is 0 Å². The van der Waals surface area contributed by atoms with Crippen molar-refractivity contribution >= 4 is 6.29 Å². The monoisotopic (exact) mass is 171 g/mol. The molecule has 0 aromatic carbocycles. The summed E-state index contributed by atoms with van der Waals surface area (Å²) in [5.74, 6) is 0.192. The lowest BCUT2D eigenvalue weighted by Gasteiger charge is -2.30. The quantitative estimate of drug-likeness (QED) is 0.620. The second-order valence-electron chi connectivity index (χ2n) is 3.65. The Labute approximate surface area is 73.4 Å². The predicted octanol–water partition coefficient (Wildman–Crippen LogP) is 0.278. The lowest BCUT2D eigenvalue weighted by molar-refractivity contribution is -0.112. The Morgan fingerprint density at radius 2 is 2.50 bits per heavy atom. The van der Waals surface area contributed by atoms with Crippen LogP contribution in [0.2, 0.25) is 0 Å². The molecule has 3 nitrogen and oxygen atoms in total. The molecule has 12 heavy (non-hydrogen) atoms. The SMILES string of the molecule is CC(O)CN1CCCC(C=O)C1. The molecule has 0 aromatic rings. The minimum atomic E-state index is -0.282. The van der Waals surface area contributed by atoms with Crippen molar-refractivity contribution in [2.45, 2.75) is 25.9 Å². The average Bonchev–Trinajstić information content (AvgIpc) is 2.03. The Hall–Kier alpha value is -0.410. The van der Waals surface area contributed by atoms with Crippen LogP contribution in [-0.4, -0.2) is 42.0 Å². The van der Waals surface area contributed by atoms with E-state index in [1.807, 2.05) is 0 Å². The highest BCUT2D eigenvalue weighted by atomic mass is 16.3. The van der Waals surface area contributed by atoms with Gasteiger partial charge in [0.25, 0.3) is 0 Å². The maximum absolute atomic E-state index is 10.5. The van der Waals surface area contributed by atoms with Crippen LogP contribution < -0.4 is 0 Å². The second-order valence-corrected chi connectivity index (χ2v) is 3.65. The van der Waals surface area contributed by atoms with Crippen LogP contribution in [0.1, 0.15) is 19.8 Å². The van der Waals surface area contributed by atoms with Crippen molar-refractivity contribution in [2.75, 3.05) is 19.6 Å². The molecule has 70 valence electrons. The van der Waals surface area contributed by atoms with Gasteiger partial charge in [-0.3, -0.25) is 0 Å². The van der Waals surface area contributed by atoms with Crippen molar-refractivity contribution in [1.82, 2.24) is 4.90 Å². The number of nitrogens with zero attached hydrogens (tertiary/aromatic N) is 1. The van der Waals surface area contributed by atoms with Gasteiger partial charge in [0.2, 0.25) is 0 Å². The van der Waals surface area contributed by atoms with E-state index in [0.717, 1.165) is 32.2 Å². The first kappa shape index (κ1) is 9.68. The van der Waals surface area contributed by atoms with Crippen LogP contribution in [0.5, 0.6) is 0 Å². The van der Waals surface area contributed by atoms with E-state index in [1.165, 1.54) is 0 Å². The largest absolute Gasteiger partial charge is 0.392 e. The molecule has 0 amide bonds. The summed E-state index contributed by atoms with van der Waals surface area (Å²) in [6.07, 6.45) is 2.85. The Balaban J connectivity index is 2.30. The van der Waals surface area contributed by atoms with E-state index < -0.39 is 0 Å². The Kier molecular flexibility index (Phi) is 3.69. The summed E-state index contributed by atoms with van der Waals surface area (Å²) in [5, 5.41) is 9.13. The van der Waals surface area contributed by atoms with Gasteiger partial charge in [-0.2, -0.15) is 0 Å². The van der Waals surface area contributed by atoms with Crippen molar-refractivity contribution < 1.29 is 9.90 Å². The molecule has 0 spiro atoms. The molecule has 1 saturated heterocycles. The number of carbonyl (C=O) groups is 1. The summed E-state index contributed by atoms with van der Waals surface area (Å²) < 4.78 is 0. The van der Waals surface area contributed by atoms with E-state index in [0.29, 0.717) is 6.54 Å². The number of aliphatic hydroxyl groups excluding tert-OH is 1. The highest BCUT2D eigenvalue weighted by molar-refractivity contribution is 5.53. The number of hydrogen-bond donors (Lipinski definition) is 1. The third-order valence-electron chi connectivity index (χ3n) is 2.26. The molecule has 1 heterocycles. The number of rotatable bonds is 3. The summed E-state index contributed by atoms with van der Waals surface area (Å²) in [7, 11) is 0. The number of aldehydes is 1. The van der Waals surface area contributed by atoms with E-state index in [9.17, 15) is 4.79 Å². The van der Waals surface area contributed by atoms with Crippen molar-refractivity contribution in [3.63, 3.8) is 0 Å². The van der Waals surface area contributed by atoms with Gasteiger partial charge in [0.05, 0.1) is 6.10 Å². The lowest BCUT2D eigenvalue weighted by Crippen LogP contribution is -2.39. The summed E-state index contributed by atoms with van der Waals surface area (Å²) in [5.41, 5.74) is 0. The fraction of sp³-hybridized carbons (Fsp3) is 0.889. The van der Waals surface area contributed by atoms with Crippen LogP contribution in [0.15, 0.2) is 0 Å². The van der Waals surface area contributed by atoms with Crippen LogP contribution in [-0.2, 0) is 4.79 Å². The average molecular weight is 171 g/mol. The molecule has 1 N–H and O–H groups in total. The van der Waals surface area contributed by atoms with Gasteiger partial charge in [-0.1, -0.05) is 0 Å². The van der Waals surface area contributed by atoms with E-state index in [1.54, 1.807) is 6.92 Å². The van der Waals surface area contributed by atoms with E-state index in [4.69, 9.17) is 5.11 Å². The molecule has 0 aliphatic carbocycles. The van der Waals surface area contributed by atoms with Gasteiger partial charge in [-0.15, -0.1) is 0 Å². The first-order valence-corrected chi connectivity index (χ1v) is 4.58. The van der Waals surface area contributed by atoms with Gasteiger partial charge < -0.3 is 14.8 Å². The first-order chi connectivity index (χ1) is 5.72. The summed E-state index contributed by atoms with van der Waals surface area (Å²) in [6, 6.07) is 0. The Morgan fingerprint density at radius 1 is 1.75 bits per heavy atom. The first-order valence-electron chi connectivity index (χ1n) is 4.58. The maximum Gasteiger partial charge on any atom is 0.124 e.